The molecular weight excluding hydrogens is 268 g/mol. The average Bonchev–Trinajstić information content (AvgIpc) is 2.90. The number of nitrogen functional groups attached to an aromatic ring is 1. The lowest BCUT2D eigenvalue weighted by Gasteiger charge is -2.01. The molecule has 3 rings (SSSR count). The van der Waals surface area contributed by atoms with Gasteiger partial charge in [0.15, 0.2) is 5.58 Å². The van der Waals surface area contributed by atoms with Gasteiger partial charge in [-0.3, -0.25) is 0 Å². The van der Waals surface area contributed by atoms with Gasteiger partial charge in [-0.05, 0) is 49.4 Å². The fourth-order valence-electron chi connectivity index (χ4n) is 2.03. The van der Waals surface area contributed by atoms with Crippen molar-refractivity contribution in [3.8, 4) is 11.5 Å². The van der Waals surface area contributed by atoms with Crippen LogP contribution in [0.25, 0.3) is 22.6 Å². The molecule has 3 aromatic rings. The molecule has 0 aliphatic rings. The van der Waals surface area contributed by atoms with E-state index in [1.165, 1.54) is 0 Å². The van der Waals surface area contributed by atoms with E-state index < -0.39 is 0 Å². The number of hydrogen-bond acceptors (Lipinski definition) is 5. The lowest BCUT2D eigenvalue weighted by Crippen LogP contribution is -2.03. The van der Waals surface area contributed by atoms with E-state index in [1.54, 1.807) is 49.4 Å². The molecule has 1 heterocycles. The molecule has 0 fully saturated rings. The number of hydrogen-bond donors (Lipinski definition) is 1. The van der Waals surface area contributed by atoms with Crippen molar-refractivity contribution in [1.82, 2.24) is 4.98 Å². The van der Waals surface area contributed by atoms with Crippen molar-refractivity contribution in [1.29, 1.82) is 0 Å². The topological polar surface area (TPSA) is 78.3 Å². The summed E-state index contributed by atoms with van der Waals surface area (Å²) >= 11 is 0. The highest BCUT2D eigenvalue weighted by molar-refractivity contribution is 5.90. The Morgan fingerprint density at radius 2 is 2.00 bits per heavy atom. The summed E-state index contributed by atoms with van der Waals surface area (Å²) < 4.78 is 10.6. The summed E-state index contributed by atoms with van der Waals surface area (Å²) in [7, 11) is 0. The van der Waals surface area contributed by atoms with Gasteiger partial charge in [0, 0.05) is 11.3 Å². The van der Waals surface area contributed by atoms with E-state index in [-0.39, 0.29) is 5.97 Å². The molecule has 0 radical (unpaired) electrons. The van der Waals surface area contributed by atoms with Crippen molar-refractivity contribution >= 4 is 22.8 Å². The van der Waals surface area contributed by atoms with Gasteiger partial charge in [-0.25, -0.2) is 9.78 Å². The number of rotatable bonds is 3. The van der Waals surface area contributed by atoms with Gasteiger partial charge in [0.1, 0.15) is 5.52 Å². The predicted octanol–water partition coefficient (Wildman–Crippen LogP) is 3.25. The third kappa shape index (κ3) is 2.58. The monoisotopic (exact) mass is 282 g/mol. The molecule has 0 spiro atoms. The van der Waals surface area contributed by atoms with Crippen LogP contribution in [-0.2, 0) is 4.74 Å². The van der Waals surface area contributed by atoms with E-state index in [1.807, 2.05) is 0 Å². The normalized spacial score (nSPS) is 10.7. The van der Waals surface area contributed by atoms with Gasteiger partial charge in [0.2, 0.25) is 5.89 Å². The SMILES string of the molecule is CCOC(=O)c1ccc(-c2nc3cc(N)ccc3o2)cc1. The standard InChI is InChI=1S/C16H14N2O3/c1-2-20-16(19)11-5-3-10(4-6-11)15-18-13-9-12(17)7-8-14(13)21-15/h3-9H,2,17H2,1H3. The van der Waals surface area contributed by atoms with Gasteiger partial charge in [-0.2, -0.15) is 0 Å². The summed E-state index contributed by atoms with van der Waals surface area (Å²) in [5.74, 6) is 0.153. The number of nitrogens with two attached hydrogens (primary N) is 1. The lowest BCUT2D eigenvalue weighted by molar-refractivity contribution is 0.0526. The maximum Gasteiger partial charge on any atom is 0.338 e. The Morgan fingerprint density at radius 1 is 1.24 bits per heavy atom. The first kappa shape index (κ1) is 13.2. The number of nitrogens with zero attached hydrogens (tertiary/aromatic N) is 1. The summed E-state index contributed by atoms with van der Waals surface area (Å²) in [5.41, 5.74) is 9.03. The highest BCUT2D eigenvalue weighted by atomic mass is 16.5. The molecule has 5 nitrogen and oxygen atoms in total. The summed E-state index contributed by atoms with van der Waals surface area (Å²) in [6.45, 7) is 2.13. The van der Waals surface area contributed by atoms with E-state index in [0.29, 0.717) is 34.8 Å². The third-order valence-electron chi connectivity index (χ3n) is 3.05. The van der Waals surface area contributed by atoms with E-state index in [0.717, 1.165) is 5.56 Å². The van der Waals surface area contributed by atoms with Crippen LogP contribution in [0.2, 0.25) is 0 Å². The minimum Gasteiger partial charge on any atom is -0.462 e. The average molecular weight is 282 g/mol. The molecule has 5 heteroatoms. The zero-order chi connectivity index (χ0) is 14.8. The Bertz CT molecular complexity index is 791. The molecule has 2 N–H and O–H groups in total. The molecule has 0 amide bonds. The number of ether oxygens (including phenoxy) is 1. The Kier molecular flexibility index (Phi) is 3.31. The molecule has 0 aliphatic heterocycles. The largest absolute Gasteiger partial charge is 0.462 e. The maximum atomic E-state index is 11.6. The van der Waals surface area contributed by atoms with Gasteiger partial charge >= 0.3 is 5.97 Å². The fourth-order valence-corrected chi connectivity index (χ4v) is 2.03. The van der Waals surface area contributed by atoms with Gasteiger partial charge in [-0.1, -0.05) is 0 Å². The highest BCUT2D eigenvalue weighted by Gasteiger charge is 2.10. The molecule has 21 heavy (non-hydrogen) atoms. The number of benzene rings is 2. The Labute approximate surface area is 121 Å². The molecule has 0 bridgehead atoms. The van der Waals surface area contributed by atoms with Crippen LogP contribution in [0, 0.1) is 0 Å². The molecule has 2 aromatic carbocycles. The first-order chi connectivity index (χ1) is 10.2. The summed E-state index contributed by atoms with van der Waals surface area (Å²) in [5, 5.41) is 0. The summed E-state index contributed by atoms with van der Waals surface area (Å²) in [4.78, 5) is 16.0. The van der Waals surface area contributed by atoms with Crippen LogP contribution >= 0.6 is 0 Å². The fraction of sp³-hybridized carbons (Fsp3) is 0.125. The van der Waals surface area contributed by atoms with Crippen LogP contribution in [-0.4, -0.2) is 17.6 Å². The number of fused-ring (bicyclic) bond motifs is 1. The highest BCUT2D eigenvalue weighted by Crippen LogP contribution is 2.25. The minimum atomic E-state index is -0.339. The molecular formula is C16H14N2O3. The van der Waals surface area contributed by atoms with E-state index in [9.17, 15) is 4.79 Å². The Morgan fingerprint density at radius 3 is 2.71 bits per heavy atom. The van der Waals surface area contributed by atoms with Crippen LogP contribution in [0.3, 0.4) is 0 Å². The van der Waals surface area contributed by atoms with Gasteiger partial charge in [0.05, 0.1) is 12.2 Å². The summed E-state index contributed by atoms with van der Waals surface area (Å²) in [6.07, 6.45) is 0. The maximum absolute atomic E-state index is 11.6. The number of carbonyl (C=O) groups is 1. The van der Waals surface area contributed by atoms with E-state index in [4.69, 9.17) is 14.9 Å². The zero-order valence-corrected chi connectivity index (χ0v) is 11.5. The zero-order valence-electron chi connectivity index (χ0n) is 11.5. The number of oxazole rings is 1. The number of anilines is 1. The molecule has 0 saturated carbocycles. The van der Waals surface area contributed by atoms with Crippen molar-refractivity contribution in [3.05, 3.63) is 48.0 Å². The van der Waals surface area contributed by atoms with Crippen molar-refractivity contribution in [2.75, 3.05) is 12.3 Å². The second-order valence-corrected chi connectivity index (χ2v) is 4.54. The molecule has 0 unspecified atom stereocenters. The van der Waals surface area contributed by atoms with Crippen molar-refractivity contribution in [2.24, 2.45) is 0 Å². The second kappa shape index (κ2) is 5.28. The summed E-state index contributed by atoms with van der Waals surface area (Å²) in [6, 6.07) is 12.2. The molecule has 0 aliphatic carbocycles. The van der Waals surface area contributed by atoms with Gasteiger partial charge < -0.3 is 14.9 Å². The van der Waals surface area contributed by atoms with Crippen molar-refractivity contribution in [3.63, 3.8) is 0 Å². The third-order valence-corrected chi connectivity index (χ3v) is 3.05. The Hall–Kier alpha value is -2.82. The van der Waals surface area contributed by atoms with Crippen LogP contribution in [0.4, 0.5) is 5.69 Å². The molecule has 1 aromatic heterocycles. The minimum absolute atomic E-state index is 0.339. The molecule has 106 valence electrons. The van der Waals surface area contributed by atoms with Crippen LogP contribution in [0.5, 0.6) is 0 Å². The van der Waals surface area contributed by atoms with Crippen LogP contribution in [0.15, 0.2) is 46.9 Å². The molecule has 0 atom stereocenters. The van der Waals surface area contributed by atoms with Crippen LogP contribution in [0.1, 0.15) is 17.3 Å². The first-order valence-electron chi connectivity index (χ1n) is 6.61. The smallest absolute Gasteiger partial charge is 0.338 e. The lowest BCUT2D eigenvalue weighted by atomic mass is 10.1. The Balaban J connectivity index is 1.93. The van der Waals surface area contributed by atoms with Crippen molar-refractivity contribution in [2.45, 2.75) is 6.92 Å². The number of carbonyl (C=O) groups excluding carboxylic acids is 1. The second-order valence-electron chi connectivity index (χ2n) is 4.54. The van der Waals surface area contributed by atoms with E-state index >= 15 is 0 Å². The number of aromatic nitrogens is 1. The predicted molar refractivity (Wildman–Crippen MR) is 79.8 cm³/mol. The van der Waals surface area contributed by atoms with Gasteiger partial charge in [-0.15, -0.1) is 0 Å². The molecule has 0 saturated heterocycles. The first-order valence-corrected chi connectivity index (χ1v) is 6.61. The van der Waals surface area contributed by atoms with Crippen LogP contribution < -0.4 is 5.73 Å². The van der Waals surface area contributed by atoms with Crippen molar-refractivity contribution < 1.29 is 13.9 Å². The van der Waals surface area contributed by atoms with Gasteiger partial charge in [0.25, 0.3) is 0 Å². The number of esters is 1. The van der Waals surface area contributed by atoms with E-state index in [2.05, 4.69) is 4.98 Å². The quantitative estimate of drug-likeness (QED) is 0.589.